The van der Waals surface area contributed by atoms with Crippen molar-refractivity contribution in [2.24, 2.45) is 0 Å². The molecule has 0 atom stereocenters. The highest BCUT2D eigenvalue weighted by Crippen LogP contribution is 2.23. The smallest absolute Gasteiger partial charge is 0.222 e. The number of nitrogens with one attached hydrogen (secondary N) is 1. The molecule has 0 bridgehead atoms. The Morgan fingerprint density at radius 3 is 2.75 bits per heavy atom. The molecule has 1 aromatic heterocycles. The number of hydrogen-bond donors (Lipinski definition) is 2. The minimum absolute atomic E-state index is 0.391. The molecule has 0 aliphatic carbocycles. The predicted octanol–water partition coefficient (Wildman–Crippen LogP) is 0.551. The monoisotopic (exact) mass is 221 g/mol. The summed E-state index contributed by atoms with van der Waals surface area (Å²) in [6, 6.07) is 0. The van der Waals surface area contributed by atoms with Crippen LogP contribution in [0.1, 0.15) is 25.1 Å². The van der Waals surface area contributed by atoms with Gasteiger partial charge in [-0.1, -0.05) is 0 Å². The number of fused-ring (bicyclic) bond motifs is 1. The zero-order chi connectivity index (χ0) is 11.5. The number of nitrogen functional groups attached to an aromatic ring is 1. The molecule has 2 rings (SSSR count). The van der Waals surface area contributed by atoms with Gasteiger partial charge >= 0.3 is 0 Å². The van der Waals surface area contributed by atoms with Crippen molar-refractivity contribution in [2.45, 2.75) is 26.8 Å². The maximum absolute atomic E-state index is 5.76. The van der Waals surface area contributed by atoms with Gasteiger partial charge in [0.1, 0.15) is 5.82 Å². The number of rotatable bonds is 3. The van der Waals surface area contributed by atoms with Crippen molar-refractivity contribution in [2.75, 3.05) is 30.3 Å². The Bertz CT molecular complexity index is 373. The lowest BCUT2D eigenvalue weighted by atomic mass is 10.1. The maximum Gasteiger partial charge on any atom is 0.222 e. The van der Waals surface area contributed by atoms with E-state index in [2.05, 4.69) is 34.0 Å². The molecule has 0 unspecified atom stereocenters. The number of nitrogens with zero attached hydrogens (tertiary/aromatic N) is 3. The molecular formula is C11H19N5. The third-order valence-electron chi connectivity index (χ3n) is 2.99. The van der Waals surface area contributed by atoms with Crippen molar-refractivity contribution in [3.63, 3.8) is 0 Å². The van der Waals surface area contributed by atoms with Gasteiger partial charge < -0.3 is 16.0 Å². The van der Waals surface area contributed by atoms with Crippen LogP contribution in [-0.4, -0.2) is 29.6 Å². The topological polar surface area (TPSA) is 67.1 Å². The van der Waals surface area contributed by atoms with E-state index in [-0.39, 0.29) is 0 Å². The molecule has 0 amide bonds. The van der Waals surface area contributed by atoms with Gasteiger partial charge in [-0.15, -0.1) is 0 Å². The molecule has 0 radical (unpaired) electrons. The average molecular weight is 221 g/mol. The van der Waals surface area contributed by atoms with E-state index in [0.29, 0.717) is 5.95 Å². The minimum Gasteiger partial charge on any atom is -0.368 e. The fraction of sp³-hybridized carbons (Fsp3) is 0.636. The Balaban J connectivity index is 2.46. The summed E-state index contributed by atoms with van der Waals surface area (Å²) in [5, 5.41) is 3.36. The van der Waals surface area contributed by atoms with Gasteiger partial charge in [-0.2, -0.15) is 4.98 Å². The molecule has 0 aromatic carbocycles. The normalized spacial score (nSPS) is 14.6. The van der Waals surface area contributed by atoms with E-state index in [4.69, 9.17) is 5.73 Å². The number of aromatic nitrogens is 2. The van der Waals surface area contributed by atoms with Gasteiger partial charge in [-0.3, -0.25) is 0 Å². The molecule has 2 heterocycles. The quantitative estimate of drug-likeness (QED) is 0.780. The second-order valence-electron chi connectivity index (χ2n) is 3.93. The summed E-state index contributed by atoms with van der Waals surface area (Å²) in [6.07, 6.45) is 0.941. The van der Waals surface area contributed by atoms with E-state index in [1.54, 1.807) is 0 Å². The standard InChI is InChI=1S/C11H19N5/c1-3-16(4-2)10-8-7-13-6-5-9(8)14-11(12)15-10/h13H,3-7H2,1-2H3,(H2,12,14,15). The third-order valence-corrected chi connectivity index (χ3v) is 2.99. The summed E-state index contributed by atoms with van der Waals surface area (Å²) in [6.45, 7) is 7.97. The van der Waals surface area contributed by atoms with E-state index < -0.39 is 0 Å². The van der Waals surface area contributed by atoms with Crippen molar-refractivity contribution < 1.29 is 0 Å². The van der Waals surface area contributed by atoms with Crippen LogP contribution < -0.4 is 16.0 Å². The lowest BCUT2D eigenvalue weighted by Crippen LogP contribution is -2.31. The molecule has 0 saturated heterocycles. The lowest BCUT2D eigenvalue weighted by Gasteiger charge is -2.26. The molecule has 0 spiro atoms. The second-order valence-corrected chi connectivity index (χ2v) is 3.93. The molecular weight excluding hydrogens is 202 g/mol. The summed E-state index contributed by atoms with van der Waals surface area (Å²) in [5.74, 6) is 1.39. The Morgan fingerprint density at radius 1 is 1.31 bits per heavy atom. The van der Waals surface area contributed by atoms with Gasteiger partial charge in [0.05, 0.1) is 5.69 Å². The highest BCUT2D eigenvalue weighted by atomic mass is 15.2. The predicted molar refractivity (Wildman–Crippen MR) is 65.4 cm³/mol. The summed E-state index contributed by atoms with van der Waals surface area (Å²) < 4.78 is 0. The summed E-state index contributed by atoms with van der Waals surface area (Å²) >= 11 is 0. The Labute approximate surface area is 96.1 Å². The van der Waals surface area contributed by atoms with Crippen molar-refractivity contribution in [1.29, 1.82) is 0 Å². The third kappa shape index (κ3) is 1.95. The van der Waals surface area contributed by atoms with Crippen molar-refractivity contribution in [3.05, 3.63) is 11.3 Å². The first kappa shape index (κ1) is 11.1. The molecule has 5 heteroatoms. The van der Waals surface area contributed by atoms with Gasteiger partial charge in [0.15, 0.2) is 0 Å². The van der Waals surface area contributed by atoms with Crippen LogP contribution >= 0.6 is 0 Å². The first-order valence-corrected chi connectivity index (χ1v) is 5.87. The number of hydrogen-bond acceptors (Lipinski definition) is 5. The van der Waals surface area contributed by atoms with Crippen LogP contribution in [-0.2, 0) is 13.0 Å². The van der Waals surface area contributed by atoms with Crippen molar-refractivity contribution >= 4 is 11.8 Å². The summed E-state index contributed by atoms with van der Waals surface area (Å²) in [4.78, 5) is 10.9. The maximum atomic E-state index is 5.76. The van der Waals surface area contributed by atoms with E-state index >= 15 is 0 Å². The fourth-order valence-corrected chi connectivity index (χ4v) is 2.13. The van der Waals surface area contributed by atoms with Crippen LogP contribution in [0.15, 0.2) is 0 Å². The van der Waals surface area contributed by atoms with Gasteiger partial charge in [0.2, 0.25) is 5.95 Å². The molecule has 3 N–H and O–H groups in total. The molecule has 0 fully saturated rings. The van der Waals surface area contributed by atoms with Crippen LogP contribution in [0.4, 0.5) is 11.8 Å². The molecule has 16 heavy (non-hydrogen) atoms. The molecule has 1 aromatic rings. The molecule has 5 nitrogen and oxygen atoms in total. The largest absolute Gasteiger partial charge is 0.368 e. The van der Waals surface area contributed by atoms with Crippen LogP contribution in [0.5, 0.6) is 0 Å². The van der Waals surface area contributed by atoms with Crippen molar-refractivity contribution in [3.8, 4) is 0 Å². The SMILES string of the molecule is CCN(CC)c1nc(N)nc2c1CNCC2. The Kier molecular flexibility index (Phi) is 3.24. The van der Waals surface area contributed by atoms with Gasteiger partial charge in [-0.25, -0.2) is 4.98 Å². The Hall–Kier alpha value is -1.36. The molecule has 88 valence electrons. The summed E-state index contributed by atoms with van der Waals surface area (Å²) in [5.41, 5.74) is 8.08. The highest BCUT2D eigenvalue weighted by molar-refractivity contribution is 5.52. The zero-order valence-corrected chi connectivity index (χ0v) is 9.95. The molecule has 1 aliphatic heterocycles. The highest BCUT2D eigenvalue weighted by Gasteiger charge is 2.19. The summed E-state index contributed by atoms with van der Waals surface area (Å²) in [7, 11) is 0. The van der Waals surface area contributed by atoms with Gasteiger partial charge in [0, 0.05) is 38.2 Å². The van der Waals surface area contributed by atoms with Crippen LogP contribution in [0.2, 0.25) is 0 Å². The van der Waals surface area contributed by atoms with Gasteiger partial charge in [0.25, 0.3) is 0 Å². The van der Waals surface area contributed by atoms with Crippen molar-refractivity contribution in [1.82, 2.24) is 15.3 Å². The van der Waals surface area contributed by atoms with E-state index in [9.17, 15) is 0 Å². The molecule has 1 aliphatic rings. The van der Waals surface area contributed by atoms with E-state index in [1.807, 2.05) is 0 Å². The molecule has 0 saturated carbocycles. The minimum atomic E-state index is 0.391. The first-order chi connectivity index (χ1) is 7.76. The Morgan fingerprint density at radius 2 is 2.06 bits per heavy atom. The zero-order valence-electron chi connectivity index (χ0n) is 9.95. The van der Waals surface area contributed by atoms with Crippen LogP contribution in [0.3, 0.4) is 0 Å². The van der Waals surface area contributed by atoms with E-state index in [1.165, 1.54) is 5.56 Å². The van der Waals surface area contributed by atoms with Crippen LogP contribution in [0.25, 0.3) is 0 Å². The number of anilines is 2. The average Bonchev–Trinajstić information content (AvgIpc) is 2.30. The second kappa shape index (κ2) is 4.65. The lowest BCUT2D eigenvalue weighted by molar-refractivity contribution is 0.623. The van der Waals surface area contributed by atoms with Gasteiger partial charge in [-0.05, 0) is 13.8 Å². The van der Waals surface area contributed by atoms with Crippen LogP contribution in [0, 0.1) is 0 Å². The number of nitrogens with two attached hydrogens (primary N) is 1. The fourth-order valence-electron chi connectivity index (χ4n) is 2.13. The first-order valence-electron chi connectivity index (χ1n) is 5.87. The van der Waals surface area contributed by atoms with E-state index in [0.717, 1.165) is 44.1 Å².